The number of anilines is 1. The van der Waals surface area contributed by atoms with Crippen LogP contribution in [-0.4, -0.2) is 36.5 Å². The fraction of sp³-hybridized carbons (Fsp3) is 0.417. The second kappa shape index (κ2) is 9.70. The molecule has 0 aromatic heterocycles. The second-order valence-electron chi connectivity index (χ2n) is 7.88. The quantitative estimate of drug-likeness (QED) is 0.724. The largest absolute Gasteiger partial charge is 0.462 e. The molecule has 0 unspecified atom stereocenters. The molecule has 1 amide bonds. The van der Waals surface area contributed by atoms with Gasteiger partial charge in [-0.25, -0.2) is 4.79 Å². The smallest absolute Gasteiger partial charge is 0.338 e. The Balaban J connectivity index is 1.61. The summed E-state index contributed by atoms with van der Waals surface area (Å²) in [7, 11) is 0. The van der Waals surface area contributed by atoms with E-state index < -0.39 is 0 Å². The van der Waals surface area contributed by atoms with Gasteiger partial charge in [0.15, 0.2) is 0 Å². The minimum atomic E-state index is -0.354. The molecule has 3 rings (SSSR count). The molecule has 0 bridgehead atoms. The zero-order chi connectivity index (χ0) is 20.8. The molecule has 1 N–H and O–H groups in total. The Kier molecular flexibility index (Phi) is 7.04. The first-order chi connectivity index (χ1) is 14.0. The first-order valence-corrected chi connectivity index (χ1v) is 10.4. The van der Waals surface area contributed by atoms with Crippen LogP contribution in [0.3, 0.4) is 0 Å². The van der Waals surface area contributed by atoms with Gasteiger partial charge in [-0.3, -0.25) is 9.69 Å². The van der Waals surface area contributed by atoms with Crippen molar-refractivity contribution < 1.29 is 14.3 Å². The van der Waals surface area contributed by atoms with Gasteiger partial charge in [0, 0.05) is 24.3 Å². The summed E-state index contributed by atoms with van der Waals surface area (Å²) in [5, 5.41) is 2.93. The average molecular weight is 395 g/mol. The van der Waals surface area contributed by atoms with Crippen LogP contribution in [0.4, 0.5) is 5.69 Å². The molecule has 0 radical (unpaired) electrons. The number of piperidine rings is 1. The summed E-state index contributed by atoms with van der Waals surface area (Å²) in [5.74, 6) is 0.245. The third-order valence-electron chi connectivity index (χ3n) is 5.35. The number of rotatable bonds is 6. The van der Waals surface area contributed by atoms with Gasteiger partial charge in [-0.05, 0) is 80.6 Å². The zero-order valence-corrected chi connectivity index (χ0v) is 17.5. The third kappa shape index (κ3) is 5.67. The van der Waals surface area contributed by atoms with E-state index in [4.69, 9.17) is 4.74 Å². The van der Waals surface area contributed by atoms with E-state index >= 15 is 0 Å². The van der Waals surface area contributed by atoms with E-state index in [2.05, 4.69) is 17.1 Å². The Morgan fingerprint density at radius 1 is 1.14 bits per heavy atom. The van der Waals surface area contributed by atoms with Gasteiger partial charge in [-0.1, -0.05) is 19.1 Å². The average Bonchev–Trinajstić information content (AvgIpc) is 2.70. The normalized spacial score (nSPS) is 17.0. The van der Waals surface area contributed by atoms with Crippen molar-refractivity contribution >= 4 is 17.6 Å². The molecule has 5 nitrogen and oxygen atoms in total. The molecule has 0 aliphatic carbocycles. The summed E-state index contributed by atoms with van der Waals surface area (Å²) < 4.78 is 5.01. The Morgan fingerprint density at radius 3 is 2.52 bits per heavy atom. The lowest BCUT2D eigenvalue weighted by Gasteiger charge is -2.30. The zero-order valence-electron chi connectivity index (χ0n) is 17.5. The van der Waals surface area contributed by atoms with Gasteiger partial charge in [-0.15, -0.1) is 0 Å². The Bertz CT molecular complexity index is 861. The van der Waals surface area contributed by atoms with Gasteiger partial charge in [0.05, 0.1) is 12.2 Å². The van der Waals surface area contributed by atoms with Crippen LogP contribution in [-0.2, 0) is 11.3 Å². The first kappa shape index (κ1) is 21.1. The maximum Gasteiger partial charge on any atom is 0.338 e. The van der Waals surface area contributed by atoms with Crippen LogP contribution in [0.25, 0.3) is 0 Å². The molecule has 5 heteroatoms. The Labute approximate surface area is 173 Å². The van der Waals surface area contributed by atoms with Crippen molar-refractivity contribution in [2.24, 2.45) is 5.92 Å². The van der Waals surface area contributed by atoms with Crippen LogP contribution in [0, 0.1) is 12.8 Å². The van der Waals surface area contributed by atoms with Gasteiger partial charge < -0.3 is 10.1 Å². The molecule has 1 aliphatic heterocycles. The van der Waals surface area contributed by atoms with E-state index in [0.717, 1.165) is 31.1 Å². The van der Waals surface area contributed by atoms with Crippen molar-refractivity contribution in [1.82, 2.24) is 4.90 Å². The molecule has 0 saturated carbocycles. The highest BCUT2D eigenvalue weighted by Crippen LogP contribution is 2.20. The van der Waals surface area contributed by atoms with Gasteiger partial charge in [0.2, 0.25) is 0 Å². The fourth-order valence-corrected chi connectivity index (χ4v) is 3.79. The lowest BCUT2D eigenvalue weighted by atomic mass is 9.99. The van der Waals surface area contributed by atoms with Crippen LogP contribution < -0.4 is 5.32 Å². The predicted octanol–water partition coefficient (Wildman–Crippen LogP) is 4.66. The lowest BCUT2D eigenvalue weighted by Crippen LogP contribution is -2.33. The molecule has 1 fully saturated rings. The van der Waals surface area contributed by atoms with Crippen molar-refractivity contribution in [1.29, 1.82) is 0 Å². The molecular weight excluding hydrogens is 364 g/mol. The number of nitrogens with one attached hydrogen (secondary N) is 1. The number of carbonyl (C=O) groups is 2. The van der Waals surface area contributed by atoms with Gasteiger partial charge in [-0.2, -0.15) is 0 Å². The van der Waals surface area contributed by atoms with Crippen molar-refractivity contribution in [3.8, 4) is 0 Å². The monoisotopic (exact) mass is 394 g/mol. The number of likely N-dealkylation sites (tertiary alicyclic amines) is 1. The molecule has 1 saturated heterocycles. The highest BCUT2D eigenvalue weighted by molar-refractivity contribution is 6.05. The van der Waals surface area contributed by atoms with Gasteiger partial charge >= 0.3 is 5.97 Å². The molecule has 2 aromatic rings. The number of aryl methyl sites for hydroxylation is 1. The number of hydrogen-bond acceptors (Lipinski definition) is 4. The standard InChI is InChI=1S/C24H30N2O3/c1-4-29-24(28)21-11-12-22(18(3)14-21)25-23(27)20-9-7-19(8-10-20)16-26-13-5-6-17(2)15-26/h7-12,14,17H,4-6,13,15-16H2,1-3H3,(H,25,27)/t17-/m0/s1. The molecule has 2 aromatic carbocycles. The molecule has 1 heterocycles. The Hall–Kier alpha value is -2.66. The van der Waals surface area contributed by atoms with E-state index in [1.807, 2.05) is 31.2 Å². The Morgan fingerprint density at radius 2 is 1.86 bits per heavy atom. The topological polar surface area (TPSA) is 58.6 Å². The number of hydrogen-bond donors (Lipinski definition) is 1. The van der Waals surface area contributed by atoms with E-state index in [-0.39, 0.29) is 11.9 Å². The van der Waals surface area contributed by atoms with Crippen molar-refractivity contribution in [2.75, 3.05) is 25.0 Å². The van der Waals surface area contributed by atoms with Crippen molar-refractivity contribution in [2.45, 2.75) is 40.2 Å². The third-order valence-corrected chi connectivity index (χ3v) is 5.35. The number of nitrogens with zero attached hydrogens (tertiary/aromatic N) is 1. The van der Waals surface area contributed by atoms with E-state index in [1.54, 1.807) is 25.1 Å². The van der Waals surface area contributed by atoms with E-state index in [0.29, 0.717) is 23.4 Å². The number of ether oxygens (including phenoxy) is 1. The summed E-state index contributed by atoms with van der Waals surface area (Å²) >= 11 is 0. The van der Waals surface area contributed by atoms with Crippen molar-refractivity contribution in [3.63, 3.8) is 0 Å². The van der Waals surface area contributed by atoms with Crippen LogP contribution in [0.5, 0.6) is 0 Å². The number of esters is 1. The minimum absolute atomic E-state index is 0.157. The number of carbonyl (C=O) groups excluding carboxylic acids is 2. The van der Waals surface area contributed by atoms with Crippen LogP contribution >= 0.6 is 0 Å². The molecule has 1 aliphatic rings. The summed E-state index contributed by atoms with van der Waals surface area (Å²) in [6.07, 6.45) is 2.58. The maximum atomic E-state index is 12.6. The summed E-state index contributed by atoms with van der Waals surface area (Å²) in [6.45, 7) is 9.50. The number of benzene rings is 2. The summed E-state index contributed by atoms with van der Waals surface area (Å²) in [4.78, 5) is 26.9. The molecule has 1 atom stereocenters. The second-order valence-corrected chi connectivity index (χ2v) is 7.88. The van der Waals surface area contributed by atoms with Crippen LogP contribution in [0.1, 0.15) is 58.5 Å². The molecule has 29 heavy (non-hydrogen) atoms. The van der Waals surface area contributed by atoms with E-state index in [9.17, 15) is 9.59 Å². The molecule has 0 spiro atoms. The molecular formula is C24H30N2O3. The van der Waals surface area contributed by atoms with Crippen molar-refractivity contribution in [3.05, 3.63) is 64.7 Å². The summed E-state index contributed by atoms with van der Waals surface area (Å²) in [6, 6.07) is 13.0. The van der Waals surface area contributed by atoms with Crippen LogP contribution in [0.2, 0.25) is 0 Å². The fourth-order valence-electron chi connectivity index (χ4n) is 3.79. The minimum Gasteiger partial charge on any atom is -0.462 e. The lowest BCUT2D eigenvalue weighted by molar-refractivity contribution is 0.0526. The van der Waals surface area contributed by atoms with Crippen LogP contribution in [0.15, 0.2) is 42.5 Å². The SMILES string of the molecule is CCOC(=O)c1ccc(NC(=O)c2ccc(CN3CCC[C@H](C)C3)cc2)c(C)c1. The van der Waals surface area contributed by atoms with E-state index in [1.165, 1.54) is 18.4 Å². The highest BCUT2D eigenvalue weighted by Gasteiger charge is 2.16. The van der Waals surface area contributed by atoms with Gasteiger partial charge in [0.25, 0.3) is 5.91 Å². The maximum absolute atomic E-state index is 12.6. The predicted molar refractivity (Wildman–Crippen MR) is 115 cm³/mol. The first-order valence-electron chi connectivity index (χ1n) is 10.4. The highest BCUT2D eigenvalue weighted by atomic mass is 16.5. The van der Waals surface area contributed by atoms with Gasteiger partial charge in [0.1, 0.15) is 0 Å². The summed E-state index contributed by atoms with van der Waals surface area (Å²) in [5.41, 5.74) is 3.84. The molecule has 154 valence electrons. The number of amides is 1.